The van der Waals surface area contributed by atoms with E-state index in [-0.39, 0.29) is 17.8 Å². The van der Waals surface area contributed by atoms with Crippen LogP contribution < -0.4 is 4.74 Å². The molecule has 136 valence electrons. The Kier molecular flexibility index (Phi) is 4.74. The molecule has 2 heterocycles. The lowest BCUT2D eigenvalue weighted by Crippen LogP contribution is -2.53. The number of nitrogens with zero attached hydrogens (tertiary/aromatic N) is 1. The van der Waals surface area contributed by atoms with Crippen molar-refractivity contribution >= 4 is 5.57 Å². The molecule has 0 N–H and O–H groups in total. The molecule has 26 heavy (non-hydrogen) atoms. The van der Waals surface area contributed by atoms with Crippen molar-refractivity contribution in [3.8, 4) is 5.75 Å². The average Bonchev–Trinajstić information content (AvgIpc) is 2.62. The van der Waals surface area contributed by atoms with E-state index in [2.05, 4.69) is 23.1 Å². The molecule has 1 saturated heterocycles. The lowest BCUT2D eigenvalue weighted by Gasteiger charge is -2.45. The maximum atomic E-state index is 14.1. The fourth-order valence-corrected chi connectivity index (χ4v) is 3.91. The summed E-state index contributed by atoms with van der Waals surface area (Å²) in [7, 11) is 1.41. The summed E-state index contributed by atoms with van der Waals surface area (Å²) >= 11 is 0. The van der Waals surface area contributed by atoms with Crippen LogP contribution in [0.4, 0.5) is 8.78 Å². The summed E-state index contributed by atoms with van der Waals surface area (Å²) in [5.74, 6) is -1.16. The van der Waals surface area contributed by atoms with Gasteiger partial charge in [0.25, 0.3) is 0 Å². The van der Waals surface area contributed by atoms with Crippen molar-refractivity contribution in [3.05, 3.63) is 71.3 Å². The molecule has 0 aliphatic carbocycles. The van der Waals surface area contributed by atoms with E-state index >= 15 is 0 Å². The Bertz CT molecular complexity index is 822. The molecule has 0 aromatic heterocycles. The Morgan fingerprint density at radius 3 is 2.69 bits per heavy atom. The number of fused-ring (bicyclic) bond motifs is 2. The minimum atomic E-state index is -0.670. The van der Waals surface area contributed by atoms with Crippen molar-refractivity contribution in [1.82, 2.24) is 4.90 Å². The molecular weight excluding hydrogens is 336 g/mol. The van der Waals surface area contributed by atoms with Crippen molar-refractivity contribution in [2.75, 3.05) is 20.3 Å². The monoisotopic (exact) mass is 357 g/mol. The lowest BCUT2D eigenvalue weighted by atomic mass is 9.88. The maximum Gasteiger partial charge on any atom is 0.168 e. The predicted octanol–water partition coefficient (Wildman–Crippen LogP) is 4.03. The van der Waals surface area contributed by atoms with E-state index in [1.54, 1.807) is 0 Å². The van der Waals surface area contributed by atoms with Crippen LogP contribution in [0.5, 0.6) is 5.75 Å². The van der Waals surface area contributed by atoms with Crippen LogP contribution in [0.2, 0.25) is 0 Å². The van der Waals surface area contributed by atoms with Crippen LogP contribution in [0, 0.1) is 11.6 Å². The highest BCUT2D eigenvalue weighted by molar-refractivity contribution is 5.72. The number of hydrogen-bond acceptors (Lipinski definition) is 3. The van der Waals surface area contributed by atoms with Crippen molar-refractivity contribution < 1.29 is 18.3 Å². The number of halogens is 2. The van der Waals surface area contributed by atoms with Crippen molar-refractivity contribution in [3.63, 3.8) is 0 Å². The topological polar surface area (TPSA) is 21.7 Å². The van der Waals surface area contributed by atoms with E-state index in [9.17, 15) is 8.78 Å². The Hall–Kier alpha value is -2.24. The quantitative estimate of drug-likeness (QED) is 0.825. The zero-order valence-electron chi connectivity index (χ0n) is 14.6. The molecule has 0 saturated carbocycles. The molecule has 2 atom stereocenters. The predicted molar refractivity (Wildman–Crippen MR) is 95.9 cm³/mol. The second-order valence-corrected chi connectivity index (χ2v) is 6.78. The van der Waals surface area contributed by atoms with E-state index in [4.69, 9.17) is 9.47 Å². The second kappa shape index (κ2) is 7.17. The van der Waals surface area contributed by atoms with E-state index in [0.717, 1.165) is 18.2 Å². The van der Waals surface area contributed by atoms with Gasteiger partial charge in [0.05, 0.1) is 26.4 Å². The number of rotatable bonds is 4. The molecule has 2 aromatic rings. The van der Waals surface area contributed by atoms with Gasteiger partial charge in [-0.05, 0) is 23.6 Å². The van der Waals surface area contributed by atoms with E-state index in [1.807, 2.05) is 18.2 Å². The van der Waals surface area contributed by atoms with Crippen LogP contribution in [0.3, 0.4) is 0 Å². The third kappa shape index (κ3) is 3.24. The Balaban J connectivity index is 1.67. The van der Waals surface area contributed by atoms with Crippen molar-refractivity contribution in [1.29, 1.82) is 0 Å². The third-order valence-corrected chi connectivity index (χ3v) is 5.11. The highest BCUT2D eigenvalue weighted by Gasteiger charge is 2.35. The summed E-state index contributed by atoms with van der Waals surface area (Å²) in [6.07, 6.45) is 2.73. The molecule has 2 aromatic carbocycles. The fourth-order valence-electron chi connectivity index (χ4n) is 3.91. The molecule has 4 rings (SSSR count). The van der Waals surface area contributed by atoms with Crippen LogP contribution >= 0.6 is 0 Å². The molecule has 1 fully saturated rings. The summed E-state index contributed by atoms with van der Waals surface area (Å²) < 4.78 is 38.8. The van der Waals surface area contributed by atoms with Crippen molar-refractivity contribution in [2.24, 2.45) is 0 Å². The molecule has 5 heteroatoms. The normalized spacial score (nSPS) is 22.8. The summed E-state index contributed by atoms with van der Waals surface area (Å²) in [5.41, 5.74) is 2.67. The molecule has 2 aliphatic heterocycles. The largest absolute Gasteiger partial charge is 0.493 e. The first-order valence-corrected chi connectivity index (χ1v) is 8.77. The standard InChI is InChI=1S/C21H21F2NO2/c1-25-21-19(9-16(22)10-20(21)23)15-7-17-12-26-13-18(8-15)24(17)11-14-5-3-2-4-6-14/h2-7,9-10,17-18H,8,11-13H2,1H3. The van der Waals surface area contributed by atoms with Gasteiger partial charge in [-0.25, -0.2) is 8.78 Å². The first-order chi connectivity index (χ1) is 12.7. The molecule has 0 spiro atoms. The van der Waals surface area contributed by atoms with Crippen LogP contribution in [0.15, 0.2) is 48.5 Å². The second-order valence-electron chi connectivity index (χ2n) is 6.78. The fraction of sp³-hybridized carbons (Fsp3) is 0.333. The van der Waals surface area contributed by atoms with Gasteiger partial charge in [0, 0.05) is 24.2 Å². The zero-order chi connectivity index (χ0) is 18.1. The maximum absolute atomic E-state index is 14.1. The van der Waals surface area contributed by atoms with E-state index in [1.165, 1.54) is 18.7 Å². The molecule has 2 aliphatic rings. The number of methoxy groups -OCH3 is 1. The lowest BCUT2D eigenvalue weighted by molar-refractivity contribution is -0.0403. The minimum absolute atomic E-state index is 0.0775. The highest BCUT2D eigenvalue weighted by atomic mass is 19.1. The first-order valence-electron chi connectivity index (χ1n) is 8.77. The van der Waals surface area contributed by atoms with Gasteiger partial charge in [0.1, 0.15) is 5.82 Å². The summed E-state index contributed by atoms with van der Waals surface area (Å²) in [6.45, 7) is 2.02. The number of hydrogen-bond donors (Lipinski definition) is 0. The van der Waals surface area contributed by atoms with Crippen LogP contribution in [0.1, 0.15) is 17.5 Å². The molecule has 3 nitrogen and oxygen atoms in total. The first kappa shape index (κ1) is 17.2. The Morgan fingerprint density at radius 1 is 1.15 bits per heavy atom. The highest BCUT2D eigenvalue weighted by Crippen LogP contribution is 2.38. The van der Waals surface area contributed by atoms with Crippen LogP contribution in [-0.4, -0.2) is 37.3 Å². The third-order valence-electron chi connectivity index (χ3n) is 5.11. The van der Waals surface area contributed by atoms with Gasteiger partial charge < -0.3 is 9.47 Å². The Labute approximate surface area is 151 Å². The van der Waals surface area contributed by atoms with E-state index in [0.29, 0.717) is 25.2 Å². The summed E-state index contributed by atoms with van der Waals surface area (Å²) in [5, 5.41) is 0. The van der Waals surface area contributed by atoms with Crippen molar-refractivity contribution in [2.45, 2.75) is 25.0 Å². The molecule has 2 bridgehead atoms. The number of ether oxygens (including phenoxy) is 2. The SMILES string of the molecule is COc1c(F)cc(F)cc1C1=CC2COCC(C1)N2Cc1ccccc1. The van der Waals surface area contributed by atoms with Gasteiger partial charge in [-0.2, -0.15) is 0 Å². The van der Waals surface area contributed by atoms with Crippen LogP contribution in [0.25, 0.3) is 5.57 Å². The van der Waals surface area contributed by atoms with Crippen LogP contribution in [-0.2, 0) is 11.3 Å². The van der Waals surface area contributed by atoms with Gasteiger partial charge in [-0.1, -0.05) is 36.4 Å². The average molecular weight is 357 g/mol. The van der Waals surface area contributed by atoms with Gasteiger partial charge in [0.15, 0.2) is 11.6 Å². The molecule has 2 unspecified atom stereocenters. The van der Waals surface area contributed by atoms with Gasteiger partial charge in [0.2, 0.25) is 0 Å². The van der Waals surface area contributed by atoms with Gasteiger partial charge in [-0.15, -0.1) is 0 Å². The Morgan fingerprint density at radius 2 is 1.96 bits per heavy atom. The zero-order valence-corrected chi connectivity index (χ0v) is 14.6. The molecule has 0 radical (unpaired) electrons. The number of morpholine rings is 1. The summed E-state index contributed by atoms with van der Waals surface area (Å²) in [6, 6.07) is 12.8. The molecular formula is C21H21F2NO2. The van der Waals surface area contributed by atoms with Gasteiger partial charge in [-0.3, -0.25) is 4.90 Å². The molecule has 0 amide bonds. The minimum Gasteiger partial charge on any atom is -0.493 e. The smallest absolute Gasteiger partial charge is 0.168 e. The number of benzene rings is 2. The van der Waals surface area contributed by atoms with Gasteiger partial charge >= 0.3 is 0 Å². The summed E-state index contributed by atoms with van der Waals surface area (Å²) in [4.78, 5) is 2.41. The van der Waals surface area contributed by atoms with E-state index < -0.39 is 11.6 Å².